The molecule has 2 aromatic rings. The van der Waals surface area contributed by atoms with Gasteiger partial charge in [0.25, 0.3) is 0 Å². The van der Waals surface area contributed by atoms with Gasteiger partial charge in [-0.3, -0.25) is 5.43 Å². The van der Waals surface area contributed by atoms with Crippen LogP contribution in [0.15, 0.2) is 63.8 Å². The molecule has 1 N–H and O–H groups in total. The first kappa shape index (κ1) is 20.5. The van der Waals surface area contributed by atoms with Gasteiger partial charge in [0.05, 0.1) is 25.6 Å². The summed E-state index contributed by atoms with van der Waals surface area (Å²) >= 11 is 1.43. The summed E-state index contributed by atoms with van der Waals surface area (Å²) in [5, 5.41) is 13.0. The van der Waals surface area contributed by atoms with Gasteiger partial charge in [-0.05, 0) is 79.8 Å². The fourth-order valence-corrected chi connectivity index (χ4v) is 2.33. The molecule has 0 bridgehead atoms. The molecule has 6 nitrogen and oxygen atoms in total. The third-order valence-electron chi connectivity index (χ3n) is 3.30. The zero-order valence-electron chi connectivity index (χ0n) is 15.8. The molecule has 0 atom stereocenters. The fraction of sp³-hybridized carbons (Fsp3) is 0.250. The highest BCUT2D eigenvalue weighted by Gasteiger charge is 1.95. The fourth-order valence-electron chi connectivity index (χ4n) is 2.05. The molecule has 0 heterocycles. The van der Waals surface area contributed by atoms with E-state index in [0.717, 1.165) is 22.6 Å². The van der Waals surface area contributed by atoms with E-state index >= 15 is 0 Å². The van der Waals surface area contributed by atoms with Crippen molar-refractivity contribution < 1.29 is 9.47 Å². The van der Waals surface area contributed by atoms with Crippen LogP contribution in [0.4, 0.5) is 0 Å². The van der Waals surface area contributed by atoms with Gasteiger partial charge in [-0.2, -0.15) is 10.2 Å². The molecule has 0 aliphatic rings. The third kappa shape index (κ3) is 7.53. The van der Waals surface area contributed by atoms with E-state index in [1.165, 1.54) is 11.8 Å². The van der Waals surface area contributed by atoms with Crippen LogP contribution in [0.5, 0.6) is 11.5 Å². The van der Waals surface area contributed by atoms with Crippen molar-refractivity contribution in [2.24, 2.45) is 15.3 Å². The summed E-state index contributed by atoms with van der Waals surface area (Å²) in [7, 11) is 0. The third-order valence-corrected chi connectivity index (χ3v) is 3.86. The summed E-state index contributed by atoms with van der Waals surface area (Å²) in [5.41, 5.74) is 4.79. The minimum Gasteiger partial charge on any atom is -0.494 e. The van der Waals surface area contributed by atoms with Crippen molar-refractivity contribution in [2.45, 2.75) is 13.8 Å². The molecule has 0 spiro atoms. The van der Waals surface area contributed by atoms with Gasteiger partial charge in [0.15, 0.2) is 0 Å². The van der Waals surface area contributed by atoms with Crippen molar-refractivity contribution in [1.29, 1.82) is 0 Å². The Morgan fingerprint density at radius 2 is 1.41 bits per heavy atom. The monoisotopic (exact) mass is 384 g/mol. The molecule has 142 valence electrons. The van der Waals surface area contributed by atoms with Crippen LogP contribution in [-0.4, -0.2) is 37.1 Å². The normalized spacial score (nSPS) is 11.9. The van der Waals surface area contributed by atoms with E-state index in [-0.39, 0.29) is 0 Å². The number of amidine groups is 1. The first-order valence-electron chi connectivity index (χ1n) is 8.65. The number of benzene rings is 2. The van der Waals surface area contributed by atoms with Crippen LogP contribution in [0, 0.1) is 0 Å². The Labute approximate surface area is 164 Å². The quantitative estimate of drug-likeness (QED) is 0.422. The first-order chi connectivity index (χ1) is 13.2. The number of nitrogens with zero attached hydrogens (tertiary/aromatic N) is 3. The number of hydrogen-bond donors (Lipinski definition) is 1. The molecule has 2 aromatic carbocycles. The van der Waals surface area contributed by atoms with Crippen LogP contribution in [-0.2, 0) is 0 Å². The maximum Gasteiger partial charge on any atom is 0.203 e. The molecule has 0 aromatic heterocycles. The highest BCUT2D eigenvalue weighted by atomic mass is 32.2. The standard InChI is InChI=1S/C20H24N4O2S/c1-4-25-18-10-6-16(7-11-18)14-21-23-20(27-3)24-22-15-17-8-12-19(13-9-17)26-5-2/h6-15H,4-5H2,1-3H3,(H,23,24)/b21-14-,22-15-. The molecule has 7 heteroatoms. The van der Waals surface area contributed by atoms with Gasteiger partial charge in [-0.25, -0.2) is 0 Å². The summed E-state index contributed by atoms with van der Waals surface area (Å²) in [6.07, 6.45) is 5.31. The van der Waals surface area contributed by atoms with Crippen LogP contribution in [0.3, 0.4) is 0 Å². The van der Waals surface area contributed by atoms with Crippen LogP contribution < -0.4 is 14.9 Å². The molecule has 0 saturated carbocycles. The van der Waals surface area contributed by atoms with Crippen molar-refractivity contribution in [2.75, 3.05) is 19.5 Å². The number of nitrogens with one attached hydrogen (secondary N) is 1. The lowest BCUT2D eigenvalue weighted by Gasteiger charge is -2.02. The van der Waals surface area contributed by atoms with Gasteiger partial charge in [-0.1, -0.05) is 11.8 Å². The second-order valence-corrected chi connectivity index (χ2v) is 6.02. The average molecular weight is 385 g/mol. The Hall–Kier alpha value is -2.80. The Bertz CT molecular complexity index is 772. The lowest BCUT2D eigenvalue weighted by atomic mass is 10.2. The SMILES string of the molecule is CCOc1ccc(/C=N\N=C(\N/N=C\c2ccc(OCC)cc2)SC)cc1. The Kier molecular flexibility index (Phi) is 8.92. The van der Waals surface area contributed by atoms with Gasteiger partial charge in [0, 0.05) is 0 Å². The molecule has 0 aliphatic heterocycles. The van der Waals surface area contributed by atoms with Gasteiger partial charge < -0.3 is 9.47 Å². The summed E-state index contributed by atoms with van der Waals surface area (Å²) < 4.78 is 10.8. The minimum absolute atomic E-state index is 0.597. The second kappa shape index (κ2) is 11.7. The predicted molar refractivity (Wildman–Crippen MR) is 114 cm³/mol. The van der Waals surface area contributed by atoms with E-state index in [0.29, 0.717) is 18.4 Å². The van der Waals surface area contributed by atoms with Crippen LogP contribution in [0.1, 0.15) is 25.0 Å². The lowest BCUT2D eigenvalue weighted by Crippen LogP contribution is -2.13. The number of rotatable bonds is 8. The summed E-state index contributed by atoms with van der Waals surface area (Å²) in [6, 6.07) is 15.4. The number of thioether (sulfide) groups is 1. The molecule has 0 fully saturated rings. The highest BCUT2D eigenvalue weighted by Crippen LogP contribution is 2.11. The number of ether oxygens (including phenoxy) is 2. The molecular weight excluding hydrogens is 360 g/mol. The minimum atomic E-state index is 0.597. The number of hydrogen-bond acceptors (Lipinski definition) is 6. The van der Waals surface area contributed by atoms with Crippen molar-refractivity contribution in [3.63, 3.8) is 0 Å². The van der Waals surface area contributed by atoms with E-state index in [9.17, 15) is 0 Å². The second-order valence-electron chi connectivity index (χ2n) is 5.23. The first-order valence-corrected chi connectivity index (χ1v) is 9.87. The van der Waals surface area contributed by atoms with Crippen molar-refractivity contribution in [3.8, 4) is 11.5 Å². The summed E-state index contributed by atoms with van der Waals surface area (Å²) in [5.74, 6) is 1.69. The van der Waals surface area contributed by atoms with Crippen molar-refractivity contribution >= 4 is 29.4 Å². The summed E-state index contributed by atoms with van der Waals surface area (Å²) in [4.78, 5) is 0. The molecule has 0 unspecified atom stereocenters. The predicted octanol–water partition coefficient (Wildman–Crippen LogP) is 4.16. The number of hydrazone groups is 1. The maximum absolute atomic E-state index is 5.41. The molecular formula is C20H24N4O2S. The van der Waals surface area contributed by atoms with E-state index < -0.39 is 0 Å². The van der Waals surface area contributed by atoms with Crippen molar-refractivity contribution in [1.82, 2.24) is 5.43 Å². The highest BCUT2D eigenvalue weighted by molar-refractivity contribution is 8.13. The zero-order chi connectivity index (χ0) is 19.3. The van der Waals surface area contributed by atoms with Crippen molar-refractivity contribution in [3.05, 3.63) is 59.7 Å². The van der Waals surface area contributed by atoms with Gasteiger partial charge in [-0.15, -0.1) is 5.10 Å². The van der Waals surface area contributed by atoms with Crippen LogP contribution in [0.25, 0.3) is 0 Å². The van der Waals surface area contributed by atoms with E-state index in [4.69, 9.17) is 9.47 Å². The Morgan fingerprint density at radius 3 is 1.89 bits per heavy atom. The molecule has 0 radical (unpaired) electrons. The molecule has 0 saturated heterocycles. The van der Waals surface area contributed by atoms with Crippen LogP contribution in [0.2, 0.25) is 0 Å². The zero-order valence-corrected chi connectivity index (χ0v) is 16.6. The average Bonchev–Trinajstić information content (AvgIpc) is 2.70. The van der Waals surface area contributed by atoms with E-state index in [1.807, 2.05) is 68.6 Å². The largest absolute Gasteiger partial charge is 0.494 e. The van der Waals surface area contributed by atoms with Crippen LogP contribution >= 0.6 is 11.8 Å². The van der Waals surface area contributed by atoms with Gasteiger partial charge in [0.1, 0.15) is 11.5 Å². The Morgan fingerprint density at radius 1 is 0.889 bits per heavy atom. The van der Waals surface area contributed by atoms with E-state index in [1.54, 1.807) is 12.4 Å². The molecule has 0 amide bonds. The molecule has 0 aliphatic carbocycles. The summed E-state index contributed by atoms with van der Waals surface area (Å²) in [6.45, 7) is 5.22. The van der Waals surface area contributed by atoms with E-state index in [2.05, 4.69) is 20.7 Å². The van der Waals surface area contributed by atoms with Gasteiger partial charge in [0.2, 0.25) is 5.17 Å². The molecule has 2 rings (SSSR count). The lowest BCUT2D eigenvalue weighted by molar-refractivity contribution is 0.340. The maximum atomic E-state index is 5.41. The smallest absolute Gasteiger partial charge is 0.203 e. The topological polar surface area (TPSA) is 67.6 Å². The molecule has 27 heavy (non-hydrogen) atoms. The van der Waals surface area contributed by atoms with Gasteiger partial charge >= 0.3 is 0 Å². The Balaban J connectivity index is 1.89.